The van der Waals surface area contributed by atoms with Crippen LogP contribution >= 0.6 is 15.9 Å². The molecule has 0 aliphatic rings. The molecule has 0 bridgehead atoms. The Hall–Kier alpha value is -3.15. The lowest BCUT2D eigenvalue weighted by Crippen LogP contribution is -2.26. The van der Waals surface area contributed by atoms with Gasteiger partial charge in [-0.15, -0.1) is 0 Å². The summed E-state index contributed by atoms with van der Waals surface area (Å²) in [6, 6.07) is 23.9. The molecule has 3 aromatic rings. The van der Waals surface area contributed by atoms with Gasteiger partial charge in [-0.25, -0.2) is 4.79 Å². The zero-order valence-corrected chi connectivity index (χ0v) is 20.1. The highest BCUT2D eigenvalue weighted by Crippen LogP contribution is 2.20. The van der Waals surface area contributed by atoms with Crippen LogP contribution in [0.5, 0.6) is 5.75 Å². The third-order valence-electron chi connectivity index (χ3n) is 4.85. The molecule has 0 radical (unpaired) electrons. The molecular weight excluding hydrogens is 480 g/mol. The summed E-state index contributed by atoms with van der Waals surface area (Å²) in [7, 11) is 0. The van der Waals surface area contributed by atoms with Gasteiger partial charge in [-0.05, 0) is 65.6 Å². The fraction of sp³-hybridized carbons (Fsp3) is 0.179. The maximum absolute atomic E-state index is 11.2. The SMILES string of the molecule is CCOC(Cc1ccc(OCC=Cc2cc(Br)cc(C=Cc3ccccc3)c2)cc1)C(=O)O. The molecule has 3 aromatic carbocycles. The van der Waals surface area contributed by atoms with Crippen LogP contribution in [-0.4, -0.2) is 30.4 Å². The number of aliphatic carboxylic acids is 1. The van der Waals surface area contributed by atoms with Crippen LogP contribution in [0, 0.1) is 0 Å². The second-order valence-electron chi connectivity index (χ2n) is 7.41. The van der Waals surface area contributed by atoms with Crippen molar-refractivity contribution >= 4 is 40.1 Å². The summed E-state index contributed by atoms with van der Waals surface area (Å²) in [6.45, 7) is 2.59. The molecule has 1 N–H and O–H groups in total. The van der Waals surface area contributed by atoms with E-state index in [-0.39, 0.29) is 0 Å². The summed E-state index contributed by atoms with van der Waals surface area (Å²) < 4.78 is 12.1. The van der Waals surface area contributed by atoms with Crippen LogP contribution in [-0.2, 0) is 16.0 Å². The maximum Gasteiger partial charge on any atom is 0.333 e. The minimum atomic E-state index is -0.950. The molecule has 1 unspecified atom stereocenters. The highest BCUT2D eigenvalue weighted by molar-refractivity contribution is 9.10. The molecule has 33 heavy (non-hydrogen) atoms. The standard InChI is InChI=1S/C28H27BrO4/c1-2-32-27(28(30)31)20-22-12-14-26(15-13-22)33-16-6-9-23-17-24(19-25(29)18-23)11-10-21-7-4-3-5-8-21/h3-15,17-19,27H,2,16,20H2,1H3,(H,30,31). The van der Waals surface area contributed by atoms with Crippen LogP contribution in [0.15, 0.2) is 83.3 Å². The summed E-state index contributed by atoms with van der Waals surface area (Å²) in [4.78, 5) is 11.2. The summed E-state index contributed by atoms with van der Waals surface area (Å²) in [5.74, 6) is -0.221. The van der Waals surface area contributed by atoms with E-state index >= 15 is 0 Å². The Morgan fingerprint density at radius 3 is 2.27 bits per heavy atom. The molecular formula is C28H27BrO4. The summed E-state index contributed by atoms with van der Waals surface area (Å²) in [5.41, 5.74) is 4.23. The van der Waals surface area contributed by atoms with Crippen molar-refractivity contribution in [2.24, 2.45) is 0 Å². The van der Waals surface area contributed by atoms with E-state index in [1.807, 2.05) is 54.6 Å². The Balaban J connectivity index is 1.54. The first kappa shape index (κ1) is 24.5. The van der Waals surface area contributed by atoms with E-state index < -0.39 is 12.1 Å². The molecule has 0 saturated carbocycles. The lowest BCUT2D eigenvalue weighted by atomic mass is 10.1. The van der Waals surface area contributed by atoms with Crippen LogP contribution in [0.1, 0.15) is 29.2 Å². The van der Waals surface area contributed by atoms with Crippen molar-refractivity contribution in [2.45, 2.75) is 19.4 Å². The van der Waals surface area contributed by atoms with Gasteiger partial charge in [0.15, 0.2) is 6.10 Å². The van der Waals surface area contributed by atoms with Crippen molar-refractivity contribution in [3.8, 4) is 5.75 Å². The highest BCUT2D eigenvalue weighted by atomic mass is 79.9. The van der Waals surface area contributed by atoms with Gasteiger partial charge in [-0.2, -0.15) is 0 Å². The molecule has 0 aromatic heterocycles. The first-order valence-electron chi connectivity index (χ1n) is 10.8. The zero-order chi connectivity index (χ0) is 23.5. The minimum Gasteiger partial charge on any atom is -0.490 e. The summed E-state index contributed by atoms with van der Waals surface area (Å²) >= 11 is 3.58. The van der Waals surface area contributed by atoms with Gasteiger partial charge >= 0.3 is 5.97 Å². The molecule has 1 atom stereocenters. The Morgan fingerprint density at radius 2 is 1.61 bits per heavy atom. The molecule has 0 amide bonds. The number of ether oxygens (including phenoxy) is 2. The van der Waals surface area contributed by atoms with Gasteiger partial charge in [0.25, 0.3) is 0 Å². The number of halogens is 1. The Bertz CT molecular complexity index is 1090. The fourth-order valence-electron chi connectivity index (χ4n) is 3.27. The number of carbonyl (C=O) groups is 1. The van der Waals surface area contributed by atoms with Crippen molar-refractivity contribution in [1.82, 2.24) is 0 Å². The van der Waals surface area contributed by atoms with Crippen LogP contribution < -0.4 is 4.74 Å². The smallest absolute Gasteiger partial charge is 0.333 e. The number of carboxylic acid groups (broad SMARTS) is 1. The minimum absolute atomic E-state index is 0.327. The topological polar surface area (TPSA) is 55.8 Å². The maximum atomic E-state index is 11.2. The molecule has 170 valence electrons. The summed E-state index contributed by atoms with van der Waals surface area (Å²) in [5, 5.41) is 9.21. The van der Waals surface area contributed by atoms with Gasteiger partial charge in [-0.1, -0.05) is 76.6 Å². The molecule has 3 rings (SSSR count). The molecule has 0 spiro atoms. The summed E-state index contributed by atoms with van der Waals surface area (Å²) in [6.07, 6.45) is 7.68. The van der Waals surface area contributed by atoms with Crippen molar-refractivity contribution in [3.05, 3.63) is 106 Å². The first-order chi connectivity index (χ1) is 16.0. The van der Waals surface area contributed by atoms with Crippen LogP contribution in [0.3, 0.4) is 0 Å². The number of carboxylic acids is 1. The zero-order valence-electron chi connectivity index (χ0n) is 18.5. The van der Waals surface area contributed by atoms with Gasteiger partial charge in [0, 0.05) is 17.5 Å². The van der Waals surface area contributed by atoms with Crippen molar-refractivity contribution in [2.75, 3.05) is 13.2 Å². The van der Waals surface area contributed by atoms with Gasteiger partial charge in [0.1, 0.15) is 12.4 Å². The predicted octanol–water partition coefficient (Wildman–Crippen LogP) is 6.74. The number of rotatable bonds is 11. The van der Waals surface area contributed by atoms with E-state index in [2.05, 4.69) is 58.4 Å². The van der Waals surface area contributed by atoms with E-state index in [0.717, 1.165) is 32.5 Å². The fourth-order valence-corrected chi connectivity index (χ4v) is 3.80. The average molecular weight is 507 g/mol. The van der Waals surface area contributed by atoms with E-state index in [4.69, 9.17) is 9.47 Å². The van der Waals surface area contributed by atoms with Crippen LogP contribution in [0.4, 0.5) is 0 Å². The number of hydrogen-bond donors (Lipinski definition) is 1. The normalized spacial score (nSPS) is 12.3. The van der Waals surface area contributed by atoms with Crippen molar-refractivity contribution in [3.63, 3.8) is 0 Å². The predicted molar refractivity (Wildman–Crippen MR) is 137 cm³/mol. The lowest BCUT2D eigenvalue weighted by Gasteiger charge is -2.12. The van der Waals surface area contributed by atoms with E-state index in [1.165, 1.54) is 0 Å². The Labute approximate surface area is 203 Å². The van der Waals surface area contributed by atoms with E-state index in [1.54, 1.807) is 6.92 Å². The first-order valence-corrected chi connectivity index (χ1v) is 11.6. The average Bonchev–Trinajstić information content (AvgIpc) is 2.81. The number of benzene rings is 3. The van der Waals surface area contributed by atoms with E-state index in [9.17, 15) is 9.90 Å². The molecule has 0 fully saturated rings. The Kier molecular flexibility index (Phi) is 9.48. The molecule has 4 nitrogen and oxygen atoms in total. The molecule has 0 aliphatic carbocycles. The third kappa shape index (κ3) is 8.37. The molecule has 5 heteroatoms. The number of hydrogen-bond acceptors (Lipinski definition) is 3. The van der Waals surface area contributed by atoms with Gasteiger partial charge in [-0.3, -0.25) is 0 Å². The van der Waals surface area contributed by atoms with Gasteiger partial charge in [0.2, 0.25) is 0 Å². The molecule has 0 aliphatic heterocycles. The second kappa shape index (κ2) is 12.8. The Morgan fingerprint density at radius 1 is 0.939 bits per heavy atom. The van der Waals surface area contributed by atoms with Crippen LogP contribution in [0.25, 0.3) is 18.2 Å². The molecule has 0 saturated heterocycles. The van der Waals surface area contributed by atoms with E-state index in [0.29, 0.717) is 19.6 Å². The van der Waals surface area contributed by atoms with Crippen molar-refractivity contribution in [1.29, 1.82) is 0 Å². The second-order valence-corrected chi connectivity index (χ2v) is 8.32. The monoisotopic (exact) mass is 506 g/mol. The highest BCUT2D eigenvalue weighted by Gasteiger charge is 2.17. The lowest BCUT2D eigenvalue weighted by molar-refractivity contribution is -0.149. The van der Waals surface area contributed by atoms with Gasteiger partial charge in [0.05, 0.1) is 0 Å². The quantitative estimate of drug-likeness (QED) is 0.292. The van der Waals surface area contributed by atoms with Crippen LogP contribution in [0.2, 0.25) is 0 Å². The molecule has 0 heterocycles. The van der Waals surface area contributed by atoms with Crippen molar-refractivity contribution < 1.29 is 19.4 Å². The third-order valence-corrected chi connectivity index (χ3v) is 5.31. The largest absolute Gasteiger partial charge is 0.490 e. The van der Waals surface area contributed by atoms with Gasteiger partial charge < -0.3 is 14.6 Å².